The summed E-state index contributed by atoms with van der Waals surface area (Å²) in [6.07, 6.45) is -2.88. The molecule has 0 radical (unpaired) electrons. The summed E-state index contributed by atoms with van der Waals surface area (Å²) in [7, 11) is 0. The molecule has 0 saturated carbocycles. The molecule has 0 aromatic carbocycles. The van der Waals surface area contributed by atoms with Gasteiger partial charge in [-0.3, -0.25) is 4.79 Å². The number of aromatic nitrogens is 1. The predicted octanol–water partition coefficient (Wildman–Crippen LogP) is 2.65. The maximum absolute atomic E-state index is 13.9. The van der Waals surface area contributed by atoms with E-state index in [1.165, 1.54) is 38.2 Å². The van der Waals surface area contributed by atoms with E-state index in [2.05, 4.69) is 9.72 Å². The number of aryl methyl sites for hydroxylation is 1. The number of hydrogen-bond donors (Lipinski definition) is 2. The molecule has 1 unspecified atom stereocenters. The largest absolute Gasteiger partial charge is 0.463 e. The lowest BCUT2D eigenvalue weighted by Crippen LogP contribution is -2.69. The Labute approximate surface area is 146 Å². The van der Waals surface area contributed by atoms with Gasteiger partial charge in [-0.05, 0) is 37.6 Å². The zero-order valence-electron chi connectivity index (χ0n) is 13.9. The van der Waals surface area contributed by atoms with Crippen molar-refractivity contribution in [3.05, 3.63) is 48.0 Å². The Hall–Kier alpha value is -3.04. The van der Waals surface area contributed by atoms with Crippen molar-refractivity contribution in [2.24, 2.45) is 0 Å². The molecule has 2 N–H and O–H groups in total. The number of nitrogens with one attached hydrogen (secondary N) is 2. The van der Waals surface area contributed by atoms with E-state index in [0.29, 0.717) is 5.56 Å². The number of hydrogen-bond acceptors (Lipinski definition) is 6. The lowest BCUT2D eigenvalue weighted by Gasteiger charge is -2.35. The van der Waals surface area contributed by atoms with Crippen molar-refractivity contribution in [1.82, 2.24) is 10.3 Å². The first-order valence-electron chi connectivity index (χ1n) is 7.51. The van der Waals surface area contributed by atoms with E-state index >= 15 is 0 Å². The lowest BCUT2D eigenvalue weighted by atomic mass is 10.1. The number of rotatable bonds is 6. The SMILES string of the molecule is CCOC(=O)C(NC(=O)c1ccco1)(Nc1ncccc1C)C(F)(F)F. The molecular formula is C16H16F3N3O4. The fourth-order valence-corrected chi connectivity index (χ4v) is 2.06. The van der Waals surface area contributed by atoms with Crippen molar-refractivity contribution in [3.8, 4) is 0 Å². The minimum atomic E-state index is -5.24. The second-order valence-electron chi connectivity index (χ2n) is 5.19. The van der Waals surface area contributed by atoms with Gasteiger partial charge in [0, 0.05) is 6.20 Å². The highest BCUT2D eigenvalue weighted by molar-refractivity contribution is 5.97. The third kappa shape index (κ3) is 3.79. The molecule has 2 aromatic heterocycles. The average molecular weight is 371 g/mol. The number of carbonyl (C=O) groups is 2. The van der Waals surface area contributed by atoms with Crippen LogP contribution in [-0.2, 0) is 9.53 Å². The number of esters is 1. The number of furan rings is 1. The van der Waals surface area contributed by atoms with Crippen LogP contribution in [0.4, 0.5) is 19.0 Å². The normalized spacial score (nSPS) is 13.6. The molecule has 1 amide bonds. The predicted molar refractivity (Wildman–Crippen MR) is 84.2 cm³/mol. The summed E-state index contributed by atoms with van der Waals surface area (Å²) >= 11 is 0. The van der Waals surface area contributed by atoms with Crippen LogP contribution in [0.2, 0.25) is 0 Å². The lowest BCUT2D eigenvalue weighted by molar-refractivity contribution is -0.204. The van der Waals surface area contributed by atoms with Crippen molar-refractivity contribution < 1.29 is 31.9 Å². The zero-order chi connectivity index (χ0) is 19.4. The number of ether oxygens (including phenoxy) is 1. The van der Waals surface area contributed by atoms with Gasteiger partial charge in [0.15, 0.2) is 5.76 Å². The fourth-order valence-electron chi connectivity index (χ4n) is 2.06. The van der Waals surface area contributed by atoms with E-state index in [0.717, 1.165) is 12.3 Å². The quantitative estimate of drug-likeness (QED) is 0.599. The van der Waals surface area contributed by atoms with Gasteiger partial charge in [0.1, 0.15) is 5.82 Å². The monoisotopic (exact) mass is 371 g/mol. The van der Waals surface area contributed by atoms with Crippen LogP contribution in [0.15, 0.2) is 41.1 Å². The van der Waals surface area contributed by atoms with Crippen molar-refractivity contribution in [1.29, 1.82) is 0 Å². The topological polar surface area (TPSA) is 93.5 Å². The van der Waals surface area contributed by atoms with Crippen molar-refractivity contribution in [2.45, 2.75) is 25.7 Å². The van der Waals surface area contributed by atoms with E-state index in [9.17, 15) is 22.8 Å². The third-order valence-corrected chi connectivity index (χ3v) is 3.37. The summed E-state index contributed by atoms with van der Waals surface area (Å²) < 4.78 is 51.2. The summed E-state index contributed by atoms with van der Waals surface area (Å²) in [6.45, 7) is 2.52. The van der Waals surface area contributed by atoms with Gasteiger partial charge in [0.2, 0.25) is 0 Å². The van der Waals surface area contributed by atoms with Crippen LogP contribution in [-0.4, -0.2) is 35.3 Å². The second-order valence-corrected chi connectivity index (χ2v) is 5.19. The first-order chi connectivity index (χ1) is 12.2. The van der Waals surface area contributed by atoms with Crippen LogP contribution in [0.3, 0.4) is 0 Å². The molecule has 2 aromatic rings. The van der Waals surface area contributed by atoms with Crippen LogP contribution >= 0.6 is 0 Å². The van der Waals surface area contributed by atoms with Crippen LogP contribution in [0, 0.1) is 6.92 Å². The highest BCUT2D eigenvalue weighted by Crippen LogP contribution is 2.33. The molecule has 0 aliphatic rings. The highest BCUT2D eigenvalue weighted by Gasteiger charge is 2.64. The number of carbonyl (C=O) groups excluding carboxylic acids is 2. The van der Waals surface area contributed by atoms with Crippen LogP contribution in [0.25, 0.3) is 0 Å². The number of alkyl halides is 3. The number of nitrogens with zero attached hydrogens (tertiary/aromatic N) is 1. The zero-order valence-corrected chi connectivity index (χ0v) is 13.9. The van der Waals surface area contributed by atoms with Gasteiger partial charge in [0.25, 0.3) is 5.91 Å². The first kappa shape index (κ1) is 19.3. The molecule has 7 nitrogen and oxygen atoms in total. The molecule has 0 aliphatic heterocycles. The molecule has 2 rings (SSSR count). The van der Waals surface area contributed by atoms with Gasteiger partial charge in [0.05, 0.1) is 12.9 Å². The van der Waals surface area contributed by atoms with E-state index in [1.54, 1.807) is 5.32 Å². The molecular weight excluding hydrogens is 355 g/mol. The second kappa shape index (κ2) is 7.46. The van der Waals surface area contributed by atoms with E-state index in [1.807, 2.05) is 5.32 Å². The summed E-state index contributed by atoms with van der Waals surface area (Å²) in [5, 5.41) is 3.64. The Morgan fingerprint density at radius 3 is 2.54 bits per heavy atom. The van der Waals surface area contributed by atoms with E-state index in [-0.39, 0.29) is 12.4 Å². The molecule has 0 bridgehead atoms. The number of amides is 1. The Balaban J connectivity index is 2.51. The maximum Gasteiger partial charge on any atom is 0.441 e. The Bertz CT molecular complexity index is 777. The number of pyridine rings is 1. The maximum atomic E-state index is 13.9. The van der Waals surface area contributed by atoms with Crippen LogP contribution < -0.4 is 10.6 Å². The van der Waals surface area contributed by atoms with Gasteiger partial charge < -0.3 is 19.8 Å². The Morgan fingerprint density at radius 1 is 1.27 bits per heavy atom. The van der Waals surface area contributed by atoms with Crippen molar-refractivity contribution in [2.75, 3.05) is 11.9 Å². The van der Waals surface area contributed by atoms with Gasteiger partial charge in [-0.1, -0.05) is 6.07 Å². The molecule has 0 aliphatic carbocycles. The summed E-state index contributed by atoms with van der Waals surface area (Å²) in [6, 6.07) is 5.50. The molecule has 0 fully saturated rings. The minimum absolute atomic E-state index is 0.238. The highest BCUT2D eigenvalue weighted by atomic mass is 19.4. The molecule has 10 heteroatoms. The molecule has 26 heavy (non-hydrogen) atoms. The smallest absolute Gasteiger partial charge is 0.441 e. The first-order valence-corrected chi connectivity index (χ1v) is 7.51. The molecule has 140 valence electrons. The Morgan fingerprint density at radius 2 is 2.00 bits per heavy atom. The van der Waals surface area contributed by atoms with E-state index < -0.39 is 29.5 Å². The van der Waals surface area contributed by atoms with Crippen molar-refractivity contribution >= 4 is 17.7 Å². The average Bonchev–Trinajstić information content (AvgIpc) is 3.09. The van der Waals surface area contributed by atoms with Crippen molar-refractivity contribution in [3.63, 3.8) is 0 Å². The number of halogens is 3. The molecule has 1 atom stereocenters. The summed E-state index contributed by atoms with van der Waals surface area (Å²) in [5.41, 5.74) is -3.22. The van der Waals surface area contributed by atoms with E-state index in [4.69, 9.17) is 4.42 Å². The fraction of sp³-hybridized carbons (Fsp3) is 0.312. The molecule has 0 spiro atoms. The van der Waals surface area contributed by atoms with Crippen LogP contribution in [0.5, 0.6) is 0 Å². The van der Waals surface area contributed by atoms with Gasteiger partial charge in [-0.25, -0.2) is 9.78 Å². The van der Waals surface area contributed by atoms with Gasteiger partial charge >= 0.3 is 17.8 Å². The minimum Gasteiger partial charge on any atom is -0.463 e. The van der Waals surface area contributed by atoms with Crippen LogP contribution in [0.1, 0.15) is 23.0 Å². The van der Waals surface area contributed by atoms with Gasteiger partial charge in [-0.2, -0.15) is 13.2 Å². The summed E-state index contributed by atoms with van der Waals surface area (Å²) in [4.78, 5) is 28.2. The van der Waals surface area contributed by atoms with Gasteiger partial charge in [-0.15, -0.1) is 0 Å². The Kier molecular flexibility index (Phi) is 5.53. The summed E-state index contributed by atoms with van der Waals surface area (Å²) in [5.74, 6) is -3.61. The molecule has 2 heterocycles. The number of anilines is 1. The molecule has 0 saturated heterocycles. The third-order valence-electron chi connectivity index (χ3n) is 3.37. The standard InChI is InChI=1S/C16H16F3N3O4/c1-3-25-14(24)15(16(17,18)19,21-12-10(2)6-4-8-20-12)22-13(23)11-7-5-9-26-11/h4-9H,3H2,1-2H3,(H,20,21)(H,22,23).